The third-order valence-corrected chi connectivity index (χ3v) is 3.80. The summed E-state index contributed by atoms with van der Waals surface area (Å²) in [7, 11) is 1.53. The highest BCUT2D eigenvalue weighted by Gasteiger charge is 2.31. The monoisotopic (exact) mass is 362 g/mol. The molecule has 0 saturated heterocycles. The molecular formula is C18H13F3N2O3. The minimum absolute atomic E-state index is 0.111. The van der Waals surface area contributed by atoms with Gasteiger partial charge < -0.3 is 14.4 Å². The highest BCUT2D eigenvalue weighted by atomic mass is 19.4. The number of aromatic carboxylic acids is 1. The highest BCUT2D eigenvalue weighted by molar-refractivity contribution is 5.92. The molecule has 0 aliphatic heterocycles. The molecule has 3 rings (SSSR count). The number of carbonyl (C=O) groups is 1. The molecule has 0 radical (unpaired) electrons. The van der Waals surface area contributed by atoms with Gasteiger partial charge >= 0.3 is 12.1 Å². The van der Waals surface area contributed by atoms with Gasteiger partial charge in [0.15, 0.2) is 0 Å². The quantitative estimate of drug-likeness (QED) is 0.753. The average Bonchev–Trinajstić information content (AvgIpc) is 3.10. The second-order valence-electron chi connectivity index (χ2n) is 5.43. The number of hydrogen-bond donors (Lipinski definition) is 1. The summed E-state index contributed by atoms with van der Waals surface area (Å²) in [4.78, 5) is 15.5. The number of methoxy groups -OCH3 is 1. The normalized spacial score (nSPS) is 11.4. The molecule has 0 bridgehead atoms. The number of aromatic nitrogens is 2. The van der Waals surface area contributed by atoms with Gasteiger partial charge in [-0.25, -0.2) is 9.78 Å². The summed E-state index contributed by atoms with van der Waals surface area (Å²) in [5.74, 6) is -0.673. The third kappa shape index (κ3) is 3.39. The Morgan fingerprint density at radius 1 is 1.15 bits per heavy atom. The Kier molecular flexibility index (Phi) is 4.41. The Bertz CT molecular complexity index is 947. The van der Waals surface area contributed by atoms with Gasteiger partial charge in [0.1, 0.15) is 5.75 Å². The summed E-state index contributed by atoms with van der Waals surface area (Å²) >= 11 is 0. The molecule has 0 unspecified atom stereocenters. The smallest absolute Gasteiger partial charge is 0.416 e. The molecule has 0 fully saturated rings. The van der Waals surface area contributed by atoms with Crippen molar-refractivity contribution in [3.63, 3.8) is 0 Å². The van der Waals surface area contributed by atoms with Crippen molar-refractivity contribution >= 4 is 5.97 Å². The van der Waals surface area contributed by atoms with Gasteiger partial charge in [-0.3, -0.25) is 0 Å². The fourth-order valence-corrected chi connectivity index (χ4v) is 2.47. The van der Waals surface area contributed by atoms with Crippen LogP contribution in [0.15, 0.2) is 55.0 Å². The van der Waals surface area contributed by atoms with Gasteiger partial charge in [0.25, 0.3) is 0 Å². The number of ether oxygens (including phenoxy) is 1. The van der Waals surface area contributed by atoms with Crippen LogP contribution in [0.5, 0.6) is 5.75 Å². The van der Waals surface area contributed by atoms with Gasteiger partial charge in [-0.15, -0.1) is 0 Å². The van der Waals surface area contributed by atoms with Crippen molar-refractivity contribution in [2.45, 2.75) is 6.18 Å². The number of benzene rings is 2. The molecule has 0 saturated carbocycles. The fraction of sp³-hybridized carbons (Fsp3) is 0.111. The molecule has 0 atom stereocenters. The molecule has 1 aromatic heterocycles. The Morgan fingerprint density at radius 2 is 1.85 bits per heavy atom. The molecular weight excluding hydrogens is 349 g/mol. The van der Waals surface area contributed by atoms with Crippen LogP contribution in [0.2, 0.25) is 0 Å². The largest absolute Gasteiger partial charge is 0.497 e. The summed E-state index contributed by atoms with van der Waals surface area (Å²) in [5, 5.41) is 9.27. The van der Waals surface area contributed by atoms with Crippen LogP contribution < -0.4 is 4.74 Å². The van der Waals surface area contributed by atoms with E-state index in [9.17, 15) is 23.1 Å². The van der Waals surface area contributed by atoms with E-state index in [-0.39, 0.29) is 11.3 Å². The van der Waals surface area contributed by atoms with Gasteiger partial charge in [-0.1, -0.05) is 0 Å². The Morgan fingerprint density at radius 3 is 2.42 bits per heavy atom. The van der Waals surface area contributed by atoms with Gasteiger partial charge in [-0.2, -0.15) is 13.2 Å². The zero-order valence-corrected chi connectivity index (χ0v) is 13.5. The molecule has 1 heterocycles. The van der Waals surface area contributed by atoms with Crippen LogP contribution in [-0.4, -0.2) is 27.7 Å². The minimum atomic E-state index is -4.58. The van der Waals surface area contributed by atoms with Gasteiger partial charge in [0.2, 0.25) is 0 Å². The van der Waals surface area contributed by atoms with E-state index in [1.807, 2.05) is 0 Å². The maximum absolute atomic E-state index is 13.0. The lowest BCUT2D eigenvalue weighted by molar-refractivity contribution is -0.137. The van der Waals surface area contributed by atoms with E-state index in [1.165, 1.54) is 24.2 Å². The highest BCUT2D eigenvalue weighted by Crippen LogP contribution is 2.32. The number of rotatable bonds is 4. The van der Waals surface area contributed by atoms with Gasteiger partial charge in [0, 0.05) is 11.8 Å². The van der Waals surface area contributed by atoms with E-state index in [2.05, 4.69) is 4.98 Å². The third-order valence-electron chi connectivity index (χ3n) is 3.80. The zero-order valence-electron chi connectivity index (χ0n) is 13.5. The van der Waals surface area contributed by atoms with Crippen LogP contribution in [0.25, 0.3) is 16.9 Å². The lowest BCUT2D eigenvalue weighted by atomic mass is 10.1. The number of carboxylic acid groups (broad SMARTS) is 1. The van der Waals surface area contributed by atoms with Crippen LogP contribution in [0.1, 0.15) is 15.9 Å². The van der Waals surface area contributed by atoms with Crippen LogP contribution >= 0.6 is 0 Å². The van der Waals surface area contributed by atoms with Crippen molar-refractivity contribution in [2.75, 3.05) is 7.11 Å². The summed E-state index contributed by atoms with van der Waals surface area (Å²) in [6.07, 6.45) is -1.82. The molecule has 26 heavy (non-hydrogen) atoms. The van der Waals surface area contributed by atoms with E-state index in [0.717, 1.165) is 18.2 Å². The van der Waals surface area contributed by atoms with E-state index in [4.69, 9.17) is 4.74 Å². The van der Waals surface area contributed by atoms with Crippen molar-refractivity contribution in [2.24, 2.45) is 0 Å². The minimum Gasteiger partial charge on any atom is -0.497 e. The first kappa shape index (κ1) is 17.5. The lowest BCUT2D eigenvalue weighted by Gasteiger charge is -2.12. The van der Waals surface area contributed by atoms with Crippen molar-refractivity contribution in [3.8, 4) is 22.7 Å². The van der Waals surface area contributed by atoms with Crippen molar-refractivity contribution in [3.05, 3.63) is 66.1 Å². The first-order chi connectivity index (χ1) is 12.3. The number of imidazole rings is 1. The number of carboxylic acids is 1. The molecule has 0 spiro atoms. The summed E-state index contributed by atoms with van der Waals surface area (Å²) in [5.41, 5.74) is -0.0942. The molecule has 0 amide bonds. The number of halogens is 3. The average molecular weight is 362 g/mol. The zero-order chi connectivity index (χ0) is 18.9. The van der Waals surface area contributed by atoms with E-state index >= 15 is 0 Å². The topological polar surface area (TPSA) is 64.3 Å². The molecule has 134 valence electrons. The maximum Gasteiger partial charge on any atom is 0.416 e. The first-order valence-corrected chi connectivity index (χ1v) is 7.43. The lowest BCUT2D eigenvalue weighted by Crippen LogP contribution is -2.10. The molecule has 2 aromatic carbocycles. The Hall–Kier alpha value is -3.29. The summed E-state index contributed by atoms with van der Waals surface area (Å²) in [6, 6.07) is 9.42. The van der Waals surface area contributed by atoms with Crippen molar-refractivity contribution < 1.29 is 27.8 Å². The van der Waals surface area contributed by atoms with Gasteiger partial charge in [-0.05, 0) is 42.5 Å². The SMILES string of the molecule is COc1ccc(-c2cn(-c3cc(C(F)(F)F)ccc3C(=O)O)cn2)cc1. The molecule has 3 aromatic rings. The molecule has 5 nitrogen and oxygen atoms in total. The Labute approximate surface area is 146 Å². The van der Waals surface area contributed by atoms with E-state index < -0.39 is 17.7 Å². The predicted molar refractivity (Wildman–Crippen MR) is 87.5 cm³/mol. The standard InChI is InChI=1S/C18H13F3N2O3/c1-26-13-5-2-11(3-6-13)15-9-23(10-22-15)16-8-12(18(19,20)21)4-7-14(16)17(24)25/h2-10H,1H3,(H,24,25). The second kappa shape index (κ2) is 6.55. The fourth-order valence-electron chi connectivity index (χ4n) is 2.47. The second-order valence-corrected chi connectivity index (χ2v) is 5.43. The van der Waals surface area contributed by atoms with Crippen LogP contribution in [0.3, 0.4) is 0 Å². The van der Waals surface area contributed by atoms with E-state index in [0.29, 0.717) is 17.0 Å². The summed E-state index contributed by atoms with van der Waals surface area (Å²) in [6.45, 7) is 0. The molecule has 1 N–H and O–H groups in total. The Balaban J connectivity index is 2.06. The predicted octanol–water partition coefficient (Wildman–Crippen LogP) is 4.26. The van der Waals surface area contributed by atoms with Crippen LogP contribution in [0, 0.1) is 0 Å². The van der Waals surface area contributed by atoms with Crippen LogP contribution in [-0.2, 0) is 6.18 Å². The first-order valence-electron chi connectivity index (χ1n) is 7.43. The summed E-state index contributed by atoms with van der Waals surface area (Å²) < 4.78 is 45.3. The molecule has 8 heteroatoms. The maximum atomic E-state index is 13.0. The molecule has 0 aliphatic carbocycles. The van der Waals surface area contributed by atoms with E-state index in [1.54, 1.807) is 24.3 Å². The number of hydrogen-bond acceptors (Lipinski definition) is 3. The van der Waals surface area contributed by atoms with Crippen molar-refractivity contribution in [1.82, 2.24) is 9.55 Å². The number of alkyl halides is 3. The number of nitrogens with zero attached hydrogens (tertiary/aromatic N) is 2. The molecule has 0 aliphatic rings. The van der Waals surface area contributed by atoms with Gasteiger partial charge in [0.05, 0.1) is 35.9 Å². The van der Waals surface area contributed by atoms with Crippen molar-refractivity contribution in [1.29, 1.82) is 0 Å². The van der Waals surface area contributed by atoms with Crippen LogP contribution in [0.4, 0.5) is 13.2 Å².